The van der Waals surface area contributed by atoms with Gasteiger partial charge in [0.05, 0.1) is 32.0 Å². The summed E-state index contributed by atoms with van der Waals surface area (Å²) in [6.45, 7) is 0. The van der Waals surface area contributed by atoms with Crippen LogP contribution in [-0.4, -0.2) is 29.2 Å². The Balaban J connectivity index is 2.25. The number of aromatic amines is 1. The lowest BCUT2D eigenvalue weighted by Crippen LogP contribution is -2.30. The first-order chi connectivity index (χ1) is 9.31. The summed E-state index contributed by atoms with van der Waals surface area (Å²) in [6.07, 6.45) is 5.40. The molecule has 2 aromatic heterocycles. The topological polar surface area (TPSA) is 63.9 Å². The quantitative estimate of drug-likeness (QED) is 0.717. The number of nitrogens with zero attached hydrogens (tertiary/aromatic N) is 3. The maximum absolute atomic E-state index is 5.32. The van der Waals surface area contributed by atoms with Crippen LogP contribution in [0.25, 0.3) is 16.9 Å². The van der Waals surface area contributed by atoms with Crippen molar-refractivity contribution in [3.8, 4) is 17.6 Å². The van der Waals surface area contributed by atoms with Crippen LogP contribution in [0.3, 0.4) is 0 Å². The largest absolute Gasteiger partial charge is 0.497 e. The van der Waals surface area contributed by atoms with E-state index in [1.54, 1.807) is 31.3 Å². The number of imidazole rings is 1. The van der Waals surface area contributed by atoms with Gasteiger partial charge < -0.3 is 9.47 Å². The first-order valence-corrected chi connectivity index (χ1v) is 5.76. The van der Waals surface area contributed by atoms with Gasteiger partial charge in [-0.05, 0) is 12.1 Å². The van der Waals surface area contributed by atoms with Gasteiger partial charge in [-0.2, -0.15) is 4.57 Å². The van der Waals surface area contributed by atoms with E-state index < -0.39 is 0 Å². The fourth-order valence-electron chi connectivity index (χ4n) is 1.88. The van der Waals surface area contributed by atoms with Gasteiger partial charge in [0, 0.05) is 6.07 Å². The minimum Gasteiger partial charge on any atom is -0.497 e. The van der Waals surface area contributed by atoms with E-state index in [1.165, 1.54) is 0 Å². The zero-order chi connectivity index (χ0) is 13.2. The predicted molar refractivity (Wildman–Crippen MR) is 68.5 cm³/mol. The summed E-state index contributed by atoms with van der Waals surface area (Å²) in [5.74, 6) is 1.83. The van der Waals surface area contributed by atoms with E-state index in [0.717, 1.165) is 16.7 Å². The van der Waals surface area contributed by atoms with Gasteiger partial charge >= 0.3 is 5.95 Å². The van der Waals surface area contributed by atoms with Crippen LogP contribution in [0.2, 0.25) is 0 Å². The number of rotatable bonds is 3. The van der Waals surface area contributed by atoms with Crippen LogP contribution in [0.1, 0.15) is 0 Å². The summed E-state index contributed by atoms with van der Waals surface area (Å²) < 4.78 is 12.3. The minimum atomic E-state index is 0.538. The van der Waals surface area contributed by atoms with Crippen molar-refractivity contribution in [1.29, 1.82) is 0 Å². The highest BCUT2D eigenvalue weighted by Gasteiger charge is 2.16. The molecule has 3 aromatic rings. The highest BCUT2D eigenvalue weighted by atomic mass is 16.5. The Hall–Kier alpha value is -2.63. The van der Waals surface area contributed by atoms with Gasteiger partial charge in [0.15, 0.2) is 6.33 Å². The van der Waals surface area contributed by atoms with Crippen molar-refractivity contribution in [3.05, 3.63) is 36.9 Å². The van der Waals surface area contributed by atoms with E-state index in [1.807, 2.05) is 24.4 Å². The summed E-state index contributed by atoms with van der Waals surface area (Å²) in [5.41, 5.74) is 0.773. The van der Waals surface area contributed by atoms with E-state index in [9.17, 15) is 0 Å². The average molecular weight is 257 g/mol. The van der Waals surface area contributed by atoms with Crippen molar-refractivity contribution in [1.82, 2.24) is 15.0 Å². The molecule has 0 amide bonds. The monoisotopic (exact) mass is 257 g/mol. The molecule has 0 aliphatic carbocycles. The molecule has 2 heterocycles. The Morgan fingerprint density at radius 2 is 2.05 bits per heavy atom. The minimum absolute atomic E-state index is 0.538. The third-order valence-corrected chi connectivity index (χ3v) is 2.83. The van der Waals surface area contributed by atoms with Gasteiger partial charge in [-0.25, -0.2) is 0 Å². The van der Waals surface area contributed by atoms with Gasteiger partial charge in [-0.3, -0.25) is 4.98 Å². The molecule has 0 bridgehead atoms. The van der Waals surface area contributed by atoms with Crippen molar-refractivity contribution in [3.63, 3.8) is 0 Å². The highest BCUT2D eigenvalue weighted by Crippen LogP contribution is 2.25. The average Bonchev–Trinajstić information content (AvgIpc) is 2.99. The van der Waals surface area contributed by atoms with Crippen LogP contribution in [0.5, 0.6) is 11.6 Å². The molecule has 6 heteroatoms. The molecule has 0 aliphatic heterocycles. The van der Waals surface area contributed by atoms with Crippen LogP contribution in [-0.2, 0) is 0 Å². The van der Waals surface area contributed by atoms with Crippen LogP contribution in [0, 0.1) is 0 Å². The molecule has 0 fully saturated rings. The zero-order valence-electron chi connectivity index (χ0n) is 10.6. The first kappa shape index (κ1) is 11.5. The Labute approximate surface area is 109 Å². The normalized spacial score (nSPS) is 10.6. The van der Waals surface area contributed by atoms with Gasteiger partial charge in [0.25, 0.3) is 5.88 Å². The molecule has 0 aliphatic rings. The van der Waals surface area contributed by atoms with Crippen LogP contribution < -0.4 is 14.0 Å². The molecule has 6 nitrogen and oxygen atoms in total. The highest BCUT2D eigenvalue weighted by molar-refractivity contribution is 5.85. The molecular formula is C13H13N4O2+. The molecule has 0 saturated carbocycles. The number of hydrogen-bond donors (Lipinski definition) is 1. The molecule has 0 unspecified atom stereocenters. The fraction of sp³-hybridized carbons (Fsp3) is 0.154. The Bertz CT molecular complexity index is 710. The molecule has 19 heavy (non-hydrogen) atoms. The lowest BCUT2D eigenvalue weighted by Gasteiger charge is -2.03. The third kappa shape index (κ3) is 1.97. The summed E-state index contributed by atoms with van der Waals surface area (Å²) in [4.78, 5) is 11.8. The van der Waals surface area contributed by atoms with Gasteiger partial charge in [-0.1, -0.05) is 4.98 Å². The van der Waals surface area contributed by atoms with E-state index >= 15 is 0 Å². The third-order valence-electron chi connectivity index (χ3n) is 2.83. The lowest BCUT2D eigenvalue weighted by atomic mass is 10.2. The van der Waals surface area contributed by atoms with Crippen LogP contribution in [0.4, 0.5) is 0 Å². The van der Waals surface area contributed by atoms with Crippen LogP contribution >= 0.6 is 0 Å². The zero-order valence-corrected chi connectivity index (χ0v) is 10.6. The number of methoxy groups -OCH3 is 2. The fourth-order valence-corrected chi connectivity index (χ4v) is 1.88. The molecule has 1 aromatic carbocycles. The van der Waals surface area contributed by atoms with Crippen molar-refractivity contribution in [2.75, 3.05) is 14.2 Å². The Morgan fingerprint density at radius 3 is 2.74 bits per heavy atom. The van der Waals surface area contributed by atoms with E-state index in [-0.39, 0.29) is 0 Å². The maximum atomic E-state index is 5.32. The molecule has 0 saturated heterocycles. The van der Waals surface area contributed by atoms with Crippen molar-refractivity contribution < 1.29 is 14.0 Å². The SMILES string of the molecule is COc1ccc2c(OC)nc(-[n+]3cc[nH]c3)nc2c1. The van der Waals surface area contributed by atoms with E-state index in [0.29, 0.717) is 11.8 Å². The predicted octanol–water partition coefficient (Wildman–Crippen LogP) is 1.25. The molecule has 3 rings (SSSR count). The second kappa shape index (κ2) is 4.56. The second-order valence-corrected chi connectivity index (χ2v) is 3.93. The van der Waals surface area contributed by atoms with Crippen molar-refractivity contribution in [2.45, 2.75) is 0 Å². The lowest BCUT2D eigenvalue weighted by molar-refractivity contribution is -0.602. The number of fused-ring (bicyclic) bond motifs is 1. The van der Waals surface area contributed by atoms with Gasteiger partial charge in [-0.15, -0.1) is 4.98 Å². The molecule has 1 N–H and O–H groups in total. The Kier molecular flexibility index (Phi) is 2.75. The number of ether oxygens (including phenoxy) is 2. The number of benzene rings is 1. The van der Waals surface area contributed by atoms with Crippen LogP contribution in [0.15, 0.2) is 36.9 Å². The summed E-state index contributed by atoms with van der Waals surface area (Å²) in [7, 11) is 3.22. The standard InChI is InChI=1S/C13H12N4O2/c1-18-9-3-4-10-11(7-9)15-13(16-12(10)19-2)17-6-5-14-8-17/h3-8H,1-2H3/p+1. The number of hydrogen-bond acceptors (Lipinski definition) is 4. The molecule has 0 radical (unpaired) electrons. The summed E-state index contributed by atoms with van der Waals surface area (Å²) in [5, 5.41) is 0.850. The number of aromatic nitrogens is 4. The van der Waals surface area contributed by atoms with Gasteiger partial charge in [0.2, 0.25) is 0 Å². The van der Waals surface area contributed by atoms with Gasteiger partial charge in [0.1, 0.15) is 11.3 Å². The van der Waals surface area contributed by atoms with E-state index in [2.05, 4.69) is 15.0 Å². The van der Waals surface area contributed by atoms with Crippen molar-refractivity contribution in [2.24, 2.45) is 0 Å². The summed E-state index contributed by atoms with van der Waals surface area (Å²) >= 11 is 0. The number of H-pyrrole nitrogens is 1. The first-order valence-electron chi connectivity index (χ1n) is 5.76. The second-order valence-electron chi connectivity index (χ2n) is 3.93. The molecule has 0 spiro atoms. The summed E-state index contributed by atoms with van der Waals surface area (Å²) in [6, 6.07) is 5.60. The maximum Gasteiger partial charge on any atom is 0.393 e. The molecule has 96 valence electrons. The van der Waals surface area contributed by atoms with Crippen molar-refractivity contribution >= 4 is 10.9 Å². The molecule has 0 atom stereocenters. The Morgan fingerprint density at radius 1 is 1.16 bits per heavy atom. The molecular weight excluding hydrogens is 244 g/mol. The van der Waals surface area contributed by atoms with E-state index in [4.69, 9.17) is 9.47 Å². The smallest absolute Gasteiger partial charge is 0.393 e. The number of nitrogens with one attached hydrogen (secondary N) is 1.